The number of methoxy groups -OCH3 is 1. The maximum absolute atomic E-state index is 10.0. The van der Waals surface area contributed by atoms with Gasteiger partial charge in [-0.25, -0.2) is 4.98 Å². The summed E-state index contributed by atoms with van der Waals surface area (Å²) >= 11 is 0. The fourth-order valence-electron chi connectivity index (χ4n) is 1.28. The molecule has 0 unspecified atom stereocenters. The minimum Gasteiger partial charge on any atom is -0.480 e. The minimum atomic E-state index is -1.23. The molecule has 0 saturated heterocycles. The smallest absolute Gasteiger partial charge is 0.480 e. The highest BCUT2D eigenvalue weighted by molar-refractivity contribution is 6.60. The molecule has 1 aromatic heterocycles. The highest BCUT2D eigenvalue weighted by Gasteiger charge is 2.39. The molecule has 0 fully saturated rings. The average molecular weight is 268 g/mol. The van der Waals surface area contributed by atoms with Crippen molar-refractivity contribution in [1.29, 1.82) is 0 Å². The summed E-state index contributed by atoms with van der Waals surface area (Å²) in [6, 6.07) is 1.52. The van der Waals surface area contributed by atoms with E-state index in [1.807, 2.05) is 0 Å². The summed E-state index contributed by atoms with van der Waals surface area (Å²) < 4.78 is 10.4. The summed E-state index contributed by atoms with van der Waals surface area (Å²) in [6.07, 6.45) is 1.42. The van der Waals surface area contributed by atoms with Crippen LogP contribution in [0.1, 0.15) is 27.7 Å². The van der Waals surface area contributed by atoms with Crippen LogP contribution < -0.4 is 15.9 Å². The molecule has 1 heterocycles. The van der Waals surface area contributed by atoms with E-state index in [2.05, 4.69) is 4.98 Å². The summed E-state index contributed by atoms with van der Waals surface area (Å²) in [5.41, 5.74) is 4.37. The number of nitrogens with two attached hydrogens (primary N) is 1. The van der Waals surface area contributed by atoms with Crippen molar-refractivity contribution in [2.24, 2.45) is 0 Å². The van der Waals surface area contributed by atoms with Crippen molar-refractivity contribution in [2.75, 3.05) is 12.8 Å². The monoisotopic (exact) mass is 268 g/mol. The van der Waals surface area contributed by atoms with Crippen LogP contribution in [0.3, 0.4) is 0 Å². The molecule has 106 valence electrons. The second-order valence-electron chi connectivity index (χ2n) is 5.41. The number of aromatic nitrogens is 1. The minimum absolute atomic E-state index is 0.290. The second-order valence-corrected chi connectivity index (χ2v) is 5.41. The van der Waals surface area contributed by atoms with Crippen molar-refractivity contribution in [3.63, 3.8) is 0 Å². The van der Waals surface area contributed by atoms with Gasteiger partial charge in [0.25, 0.3) is 0 Å². The summed E-state index contributed by atoms with van der Waals surface area (Å²) in [5.74, 6) is 0.290. The Balaban J connectivity index is 2.90. The average Bonchev–Trinajstić information content (AvgIpc) is 2.26. The van der Waals surface area contributed by atoms with Gasteiger partial charge in [-0.1, -0.05) is 0 Å². The number of nitrogen functional groups attached to an aromatic ring is 1. The SMILES string of the molecule is COc1ncc(B(O)OC(C)(C)C(C)(C)O)cc1N. The molecule has 0 spiro atoms. The molecule has 0 aliphatic rings. The summed E-state index contributed by atoms with van der Waals surface area (Å²) in [4.78, 5) is 3.96. The van der Waals surface area contributed by atoms with Gasteiger partial charge in [0, 0.05) is 11.7 Å². The zero-order valence-corrected chi connectivity index (χ0v) is 12.0. The van der Waals surface area contributed by atoms with Gasteiger partial charge in [0.05, 0.1) is 24.0 Å². The lowest BCUT2D eigenvalue weighted by atomic mass is 9.77. The fourth-order valence-corrected chi connectivity index (χ4v) is 1.28. The van der Waals surface area contributed by atoms with E-state index < -0.39 is 18.3 Å². The van der Waals surface area contributed by atoms with Crippen LogP contribution in [0.5, 0.6) is 5.88 Å². The first-order valence-electron chi connectivity index (χ1n) is 5.96. The Bertz CT molecular complexity index is 446. The predicted octanol–water partition coefficient (Wildman–Crippen LogP) is -0.0740. The number of anilines is 1. The van der Waals surface area contributed by atoms with Gasteiger partial charge in [0.1, 0.15) is 0 Å². The Labute approximate surface area is 113 Å². The third kappa shape index (κ3) is 3.59. The highest BCUT2D eigenvalue weighted by Crippen LogP contribution is 2.25. The van der Waals surface area contributed by atoms with Crippen LogP contribution in [0.15, 0.2) is 12.3 Å². The highest BCUT2D eigenvalue weighted by atomic mass is 16.5. The Morgan fingerprint density at radius 3 is 2.32 bits per heavy atom. The van der Waals surface area contributed by atoms with Crippen molar-refractivity contribution >= 4 is 18.3 Å². The van der Waals surface area contributed by atoms with Crippen LogP contribution in [-0.4, -0.2) is 40.5 Å². The number of pyridine rings is 1. The van der Waals surface area contributed by atoms with Crippen LogP contribution in [0.2, 0.25) is 0 Å². The van der Waals surface area contributed by atoms with Crippen molar-refractivity contribution in [2.45, 2.75) is 38.9 Å². The largest absolute Gasteiger partial charge is 0.493 e. The van der Waals surface area contributed by atoms with Gasteiger partial charge >= 0.3 is 7.12 Å². The molecule has 1 aromatic rings. The molecule has 4 N–H and O–H groups in total. The predicted molar refractivity (Wildman–Crippen MR) is 74.3 cm³/mol. The van der Waals surface area contributed by atoms with Gasteiger partial charge in [0.15, 0.2) is 0 Å². The van der Waals surface area contributed by atoms with Crippen LogP contribution >= 0.6 is 0 Å². The van der Waals surface area contributed by atoms with Crippen LogP contribution in [0.25, 0.3) is 0 Å². The lowest BCUT2D eigenvalue weighted by Gasteiger charge is -2.38. The Morgan fingerprint density at radius 1 is 1.32 bits per heavy atom. The molecule has 6 nitrogen and oxygen atoms in total. The number of hydrogen-bond donors (Lipinski definition) is 3. The Hall–Kier alpha value is -1.31. The van der Waals surface area contributed by atoms with Crippen molar-refractivity contribution in [1.82, 2.24) is 4.98 Å². The molecule has 0 bridgehead atoms. The quantitative estimate of drug-likeness (QED) is 0.646. The molecule has 7 heteroatoms. The summed E-state index contributed by atoms with van der Waals surface area (Å²) in [5, 5.41) is 20.0. The van der Waals surface area contributed by atoms with Gasteiger partial charge in [0.2, 0.25) is 5.88 Å². The molecule has 0 aliphatic carbocycles. The third-order valence-corrected chi connectivity index (χ3v) is 3.26. The van der Waals surface area contributed by atoms with Crippen molar-refractivity contribution in [3.8, 4) is 5.88 Å². The number of ether oxygens (including phenoxy) is 1. The Kier molecular flexibility index (Phi) is 4.44. The van der Waals surface area contributed by atoms with Crippen LogP contribution in [0, 0.1) is 0 Å². The second kappa shape index (κ2) is 5.36. The van der Waals surface area contributed by atoms with E-state index in [0.717, 1.165) is 0 Å². The van der Waals surface area contributed by atoms with Gasteiger partial charge in [-0.2, -0.15) is 0 Å². The lowest BCUT2D eigenvalue weighted by Crippen LogP contribution is -2.53. The number of rotatable bonds is 5. The topological polar surface area (TPSA) is 97.8 Å². The summed E-state index contributed by atoms with van der Waals surface area (Å²) in [7, 11) is 0.227. The van der Waals surface area contributed by atoms with Crippen LogP contribution in [-0.2, 0) is 4.65 Å². The zero-order chi connectivity index (χ0) is 14.8. The molecular weight excluding hydrogens is 247 g/mol. The number of nitrogens with zero attached hydrogens (tertiary/aromatic N) is 1. The van der Waals surface area contributed by atoms with Crippen LogP contribution in [0.4, 0.5) is 5.69 Å². The van der Waals surface area contributed by atoms with Crippen molar-refractivity contribution < 1.29 is 19.5 Å². The maximum atomic E-state index is 10.0. The molecular formula is C12H21BN2O4. The molecule has 0 aliphatic heterocycles. The first kappa shape index (κ1) is 15.8. The number of aliphatic hydroxyl groups is 1. The summed E-state index contributed by atoms with van der Waals surface area (Å²) in [6.45, 7) is 6.60. The first-order chi connectivity index (χ1) is 8.58. The third-order valence-electron chi connectivity index (χ3n) is 3.26. The van der Waals surface area contributed by atoms with E-state index in [0.29, 0.717) is 11.2 Å². The van der Waals surface area contributed by atoms with E-state index in [9.17, 15) is 10.1 Å². The molecule has 1 rings (SSSR count). The van der Waals surface area contributed by atoms with Gasteiger partial charge < -0.3 is 25.3 Å². The molecule has 0 saturated carbocycles. The van der Waals surface area contributed by atoms with E-state index in [4.69, 9.17) is 15.1 Å². The van der Waals surface area contributed by atoms with Crippen molar-refractivity contribution in [3.05, 3.63) is 12.3 Å². The van der Waals surface area contributed by atoms with E-state index in [1.54, 1.807) is 27.7 Å². The Morgan fingerprint density at radius 2 is 1.89 bits per heavy atom. The molecule has 0 atom stereocenters. The molecule has 0 aromatic carbocycles. The van der Waals surface area contributed by atoms with E-state index in [-0.39, 0.29) is 5.88 Å². The normalized spacial score (nSPS) is 12.4. The first-order valence-corrected chi connectivity index (χ1v) is 5.96. The molecule has 0 amide bonds. The number of hydrogen-bond acceptors (Lipinski definition) is 6. The van der Waals surface area contributed by atoms with Gasteiger partial charge in [-0.05, 0) is 33.8 Å². The van der Waals surface area contributed by atoms with E-state index >= 15 is 0 Å². The van der Waals surface area contributed by atoms with Gasteiger partial charge in [-0.3, -0.25) is 0 Å². The van der Waals surface area contributed by atoms with Gasteiger partial charge in [-0.15, -0.1) is 0 Å². The molecule has 19 heavy (non-hydrogen) atoms. The fraction of sp³-hybridized carbons (Fsp3) is 0.583. The molecule has 0 radical (unpaired) electrons. The standard InChI is InChI=1S/C12H21BN2O4/c1-11(2,16)12(3,4)19-13(17)8-6-9(14)10(18-5)15-7-8/h6-7,16-17H,14H2,1-5H3. The maximum Gasteiger partial charge on any atom is 0.493 e. The lowest BCUT2D eigenvalue weighted by molar-refractivity contribution is -0.0982. The van der Waals surface area contributed by atoms with E-state index in [1.165, 1.54) is 19.4 Å². The zero-order valence-electron chi connectivity index (χ0n) is 12.0.